The Kier molecular flexibility index (Phi) is 5.21. The molecule has 0 spiro atoms. The van der Waals surface area contributed by atoms with Gasteiger partial charge in [-0.05, 0) is 39.5 Å². The van der Waals surface area contributed by atoms with Gasteiger partial charge in [-0.1, -0.05) is 6.92 Å². The maximum absolute atomic E-state index is 12.2. The maximum atomic E-state index is 12.2. The van der Waals surface area contributed by atoms with Crippen LogP contribution in [0.25, 0.3) is 0 Å². The van der Waals surface area contributed by atoms with Gasteiger partial charge in [0.15, 0.2) is 0 Å². The van der Waals surface area contributed by atoms with Gasteiger partial charge in [-0.25, -0.2) is 14.7 Å². The molecule has 0 radical (unpaired) electrons. The van der Waals surface area contributed by atoms with E-state index >= 15 is 0 Å². The highest BCUT2D eigenvalue weighted by molar-refractivity contribution is 5.71. The number of hydroxylamine groups is 2. The quantitative estimate of drug-likeness (QED) is 0.598. The minimum Gasteiger partial charge on any atom is -0.444 e. The van der Waals surface area contributed by atoms with Crippen LogP contribution in [0.2, 0.25) is 0 Å². The summed E-state index contributed by atoms with van der Waals surface area (Å²) in [6.45, 7) is 8.02. The fraction of sp³-hybridized carbons (Fsp3) is 0.846. The first-order valence-electron chi connectivity index (χ1n) is 6.85. The molecule has 3 amide bonds. The molecular weight excluding hydrogens is 262 g/mol. The molecule has 116 valence electrons. The summed E-state index contributed by atoms with van der Waals surface area (Å²) in [4.78, 5) is 24.7. The van der Waals surface area contributed by atoms with E-state index in [0.717, 1.165) is 6.42 Å². The first-order chi connectivity index (χ1) is 9.10. The molecule has 0 saturated carbocycles. The number of primary amides is 1. The largest absolute Gasteiger partial charge is 0.444 e. The Morgan fingerprint density at radius 3 is 2.55 bits per heavy atom. The van der Waals surface area contributed by atoms with Crippen molar-refractivity contribution in [2.75, 3.05) is 13.1 Å². The zero-order chi connectivity index (χ0) is 15.5. The lowest BCUT2D eigenvalue weighted by atomic mass is 9.92. The van der Waals surface area contributed by atoms with Gasteiger partial charge < -0.3 is 15.4 Å². The van der Waals surface area contributed by atoms with Crippen LogP contribution in [0.1, 0.15) is 40.5 Å². The molecule has 3 N–H and O–H groups in total. The molecule has 0 aromatic heterocycles. The van der Waals surface area contributed by atoms with Crippen LogP contribution in [0, 0.1) is 5.92 Å². The van der Waals surface area contributed by atoms with Gasteiger partial charge in [0, 0.05) is 6.54 Å². The van der Waals surface area contributed by atoms with E-state index in [0.29, 0.717) is 23.9 Å². The molecule has 0 bridgehead atoms. The van der Waals surface area contributed by atoms with Crippen molar-refractivity contribution in [2.24, 2.45) is 11.7 Å². The van der Waals surface area contributed by atoms with E-state index < -0.39 is 17.7 Å². The molecule has 1 aliphatic heterocycles. The predicted octanol–water partition coefficient (Wildman–Crippen LogP) is 1.79. The van der Waals surface area contributed by atoms with E-state index in [1.807, 2.05) is 0 Å². The molecule has 1 saturated heterocycles. The van der Waals surface area contributed by atoms with Gasteiger partial charge in [-0.3, -0.25) is 5.21 Å². The average Bonchev–Trinajstić information content (AvgIpc) is 2.26. The van der Waals surface area contributed by atoms with Crippen LogP contribution in [-0.4, -0.2) is 52.0 Å². The van der Waals surface area contributed by atoms with Crippen LogP contribution in [0.4, 0.5) is 9.59 Å². The number of amides is 3. The highest BCUT2D eigenvalue weighted by atomic mass is 16.6. The van der Waals surface area contributed by atoms with Gasteiger partial charge in [-0.2, -0.15) is 0 Å². The summed E-state index contributed by atoms with van der Waals surface area (Å²) < 4.78 is 5.36. The molecule has 2 atom stereocenters. The van der Waals surface area contributed by atoms with Crippen LogP contribution >= 0.6 is 0 Å². The monoisotopic (exact) mass is 287 g/mol. The Morgan fingerprint density at radius 1 is 1.45 bits per heavy atom. The van der Waals surface area contributed by atoms with E-state index in [2.05, 4.69) is 6.92 Å². The zero-order valence-corrected chi connectivity index (χ0v) is 12.6. The Balaban J connectivity index is 2.74. The number of rotatable bonds is 2. The average molecular weight is 287 g/mol. The second kappa shape index (κ2) is 6.30. The lowest BCUT2D eigenvalue weighted by Crippen LogP contribution is -2.53. The maximum Gasteiger partial charge on any atom is 0.410 e. The topological polar surface area (TPSA) is 96.1 Å². The first kappa shape index (κ1) is 16.6. The summed E-state index contributed by atoms with van der Waals surface area (Å²) in [7, 11) is 0. The highest BCUT2D eigenvalue weighted by Crippen LogP contribution is 2.25. The molecule has 1 rings (SSSR count). The van der Waals surface area contributed by atoms with E-state index in [-0.39, 0.29) is 12.6 Å². The summed E-state index contributed by atoms with van der Waals surface area (Å²) in [5.74, 6) is 0.417. The molecule has 7 nitrogen and oxygen atoms in total. The van der Waals surface area contributed by atoms with E-state index in [9.17, 15) is 14.8 Å². The number of likely N-dealkylation sites (tertiary alicyclic amines) is 1. The van der Waals surface area contributed by atoms with Gasteiger partial charge in [-0.15, -0.1) is 0 Å². The number of nitrogens with two attached hydrogens (primary N) is 1. The molecular formula is C13H25N3O4. The molecule has 0 aliphatic carbocycles. The van der Waals surface area contributed by atoms with Crippen LogP contribution in [0.3, 0.4) is 0 Å². The van der Waals surface area contributed by atoms with Crippen LogP contribution < -0.4 is 5.73 Å². The molecule has 1 aliphatic rings. The highest BCUT2D eigenvalue weighted by Gasteiger charge is 2.34. The minimum atomic E-state index is -0.924. The SMILES string of the molecule is C[C@@H]1CCN(C(=O)OC(C)(C)C)[C@@H](CN(O)C(N)=O)C1. The van der Waals surface area contributed by atoms with Crippen molar-refractivity contribution in [2.45, 2.75) is 52.2 Å². The predicted molar refractivity (Wildman–Crippen MR) is 73.2 cm³/mol. The number of hydrogen-bond donors (Lipinski definition) is 2. The molecule has 7 heteroatoms. The van der Waals surface area contributed by atoms with E-state index in [4.69, 9.17) is 10.5 Å². The van der Waals surface area contributed by atoms with Gasteiger partial charge in [0.2, 0.25) is 0 Å². The number of hydrogen-bond acceptors (Lipinski definition) is 4. The second-order valence-electron chi connectivity index (χ2n) is 6.38. The number of urea groups is 1. The van der Waals surface area contributed by atoms with Crippen LogP contribution in [0.5, 0.6) is 0 Å². The molecule has 1 heterocycles. The second-order valence-corrected chi connectivity index (χ2v) is 6.38. The Hall–Kier alpha value is -1.50. The first-order valence-corrected chi connectivity index (χ1v) is 6.85. The zero-order valence-electron chi connectivity index (χ0n) is 12.6. The fourth-order valence-electron chi connectivity index (χ4n) is 2.28. The van der Waals surface area contributed by atoms with E-state index in [1.165, 1.54) is 0 Å². The summed E-state index contributed by atoms with van der Waals surface area (Å²) in [5.41, 5.74) is 4.44. The van der Waals surface area contributed by atoms with E-state index in [1.54, 1.807) is 25.7 Å². The third-order valence-electron chi connectivity index (χ3n) is 3.24. The van der Waals surface area contributed by atoms with Crippen molar-refractivity contribution in [3.8, 4) is 0 Å². The third-order valence-corrected chi connectivity index (χ3v) is 3.24. The lowest BCUT2D eigenvalue weighted by Gasteiger charge is -2.39. The van der Waals surface area contributed by atoms with Crippen molar-refractivity contribution in [1.82, 2.24) is 9.96 Å². The number of carbonyl (C=O) groups excluding carboxylic acids is 2. The van der Waals surface area contributed by atoms with Gasteiger partial charge >= 0.3 is 12.1 Å². The van der Waals surface area contributed by atoms with Crippen molar-refractivity contribution in [1.29, 1.82) is 0 Å². The Morgan fingerprint density at radius 2 is 2.05 bits per heavy atom. The third kappa shape index (κ3) is 4.88. The van der Waals surface area contributed by atoms with Crippen LogP contribution in [-0.2, 0) is 4.74 Å². The Labute approximate surface area is 119 Å². The Bertz CT molecular complexity index is 367. The summed E-state index contributed by atoms with van der Waals surface area (Å²) in [6, 6.07) is -1.21. The van der Waals surface area contributed by atoms with Crippen molar-refractivity contribution < 1.29 is 19.5 Å². The summed E-state index contributed by atoms with van der Waals surface area (Å²) >= 11 is 0. The molecule has 0 aromatic rings. The lowest BCUT2D eigenvalue weighted by molar-refractivity contribution is -0.0669. The molecule has 0 unspecified atom stereocenters. The number of carbonyl (C=O) groups is 2. The summed E-state index contributed by atoms with van der Waals surface area (Å²) in [6.07, 6.45) is 1.15. The molecule has 1 fully saturated rings. The molecule has 0 aromatic carbocycles. The standard InChI is InChI=1S/C13H25N3O4/c1-9-5-6-15(12(18)20-13(2,3)4)10(7-9)8-16(19)11(14)17/h9-10,19H,5-8H2,1-4H3,(H2,14,17)/t9-,10-/m1/s1. The van der Waals surface area contributed by atoms with Crippen molar-refractivity contribution >= 4 is 12.1 Å². The van der Waals surface area contributed by atoms with Crippen molar-refractivity contribution in [3.05, 3.63) is 0 Å². The normalized spacial score (nSPS) is 23.4. The molecule has 20 heavy (non-hydrogen) atoms. The van der Waals surface area contributed by atoms with Gasteiger partial charge in [0.05, 0.1) is 12.6 Å². The number of piperidine rings is 1. The number of ether oxygens (including phenoxy) is 1. The van der Waals surface area contributed by atoms with Gasteiger partial charge in [0.1, 0.15) is 5.60 Å². The smallest absolute Gasteiger partial charge is 0.410 e. The van der Waals surface area contributed by atoms with Gasteiger partial charge in [0.25, 0.3) is 0 Å². The van der Waals surface area contributed by atoms with Crippen molar-refractivity contribution in [3.63, 3.8) is 0 Å². The minimum absolute atomic E-state index is 0.00108. The summed E-state index contributed by atoms with van der Waals surface area (Å²) in [5, 5.41) is 9.92. The fourth-order valence-corrected chi connectivity index (χ4v) is 2.28. The number of nitrogens with zero attached hydrogens (tertiary/aromatic N) is 2. The van der Waals surface area contributed by atoms with Crippen LogP contribution in [0.15, 0.2) is 0 Å².